The average molecular weight is 223 g/mol. The van der Waals surface area contributed by atoms with Gasteiger partial charge >= 0.3 is 51.4 Å². The van der Waals surface area contributed by atoms with Gasteiger partial charge in [-0.25, -0.2) is 4.98 Å². The first-order chi connectivity index (χ1) is 4.22. The zero-order chi connectivity index (χ0) is 6.85. The van der Waals surface area contributed by atoms with Crippen molar-refractivity contribution in [1.82, 2.24) is 4.98 Å². The van der Waals surface area contributed by atoms with Gasteiger partial charge in [-0.15, -0.1) is 0 Å². The fourth-order valence-corrected chi connectivity index (χ4v) is 0.861. The van der Waals surface area contributed by atoms with Crippen LogP contribution in [0.25, 0.3) is 0 Å². The van der Waals surface area contributed by atoms with Gasteiger partial charge in [0, 0.05) is 6.20 Å². The predicted molar refractivity (Wildman–Crippen MR) is 46.4 cm³/mol. The molecule has 0 N–H and O–H groups in total. The topological polar surface area (TPSA) is 12.9 Å². The number of nitrogens with zero attached hydrogens (tertiary/aromatic N) is 1. The molecule has 0 bridgehead atoms. The molecule has 0 aromatic carbocycles. The molecule has 1 aromatic rings. The molecule has 0 radical (unpaired) electrons. The number of hydrogen-bond acceptors (Lipinski definition) is 1. The molecule has 0 amide bonds. The molecule has 0 saturated carbocycles. The van der Waals surface area contributed by atoms with Gasteiger partial charge < -0.3 is 0 Å². The predicted octanol–water partition coefficient (Wildman–Crippen LogP) is 2.39. The van der Waals surface area contributed by atoms with Crippen LogP contribution in [0.3, 0.4) is 0 Å². The quantitative estimate of drug-likeness (QED) is 0.485. The fraction of sp³-hybridized carbons (Fsp3) is 0. The summed E-state index contributed by atoms with van der Waals surface area (Å²) in [5.41, 5.74) is 0. The van der Waals surface area contributed by atoms with Crippen LogP contribution in [0.4, 0.5) is 0 Å². The summed E-state index contributed by atoms with van der Waals surface area (Å²) in [6, 6.07) is 1.58. The monoisotopic (exact) mass is 221 g/mol. The number of aromatic nitrogens is 1. The van der Waals surface area contributed by atoms with Crippen LogP contribution in [-0.2, 0) is 0 Å². The van der Waals surface area contributed by atoms with Gasteiger partial charge in [0.2, 0.25) is 0 Å². The molecule has 0 unspecified atom stereocenters. The van der Waals surface area contributed by atoms with Crippen molar-refractivity contribution in [2.45, 2.75) is 0 Å². The van der Waals surface area contributed by atoms with E-state index in [1.165, 1.54) is 6.20 Å². The number of hydrogen-bond donors (Lipinski definition) is 0. The van der Waals surface area contributed by atoms with E-state index in [1.807, 2.05) is 0 Å². The molecule has 0 aliphatic carbocycles. The molecule has 10 heavy (non-hydrogen) atoms. The van der Waals surface area contributed by atoms with Crippen LogP contribution in [0.15, 0.2) is 12.3 Å². The molecule has 1 nitrogen and oxygen atoms in total. The van der Waals surface area contributed by atoms with Gasteiger partial charge in [0.15, 0.2) is 0 Å². The Kier molecular flexibility index (Phi) is 6.21. The first-order valence-electron chi connectivity index (χ1n) is 2.17. The van der Waals surface area contributed by atoms with Crippen molar-refractivity contribution in [3.8, 4) is 0 Å². The Labute approximate surface area is 116 Å². The normalized spacial score (nSPS) is 8.70. The summed E-state index contributed by atoms with van der Waals surface area (Å²) in [4.78, 5) is 3.69. The molecule has 50 valence electrons. The van der Waals surface area contributed by atoms with Crippen molar-refractivity contribution in [2.24, 2.45) is 0 Å². The Hall–Kier alpha value is 1.66. The van der Waals surface area contributed by atoms with E-state index in [0.717, 1.165) is 0 Å². The molecule has 0 spiro atoms. The zero-order valence-corrected chi connectivity index (χ0v) is 6.50. The Morgan fingerprint density at radius 3 is 2.20 bits per heavy atom. The standard InChI is InChI=1S/C5H2Cl3N.K.H/c6-3-1-2-9-5(8)4(3)7;;/h1-2H;;. The molecular formula is C5H3Cl3KN. The molecular weight excluding hydrogens is 220 g/mol. The van der Waals surface area contributed by atoms with Crippen molar-refractivity contribution >= 4 is 86.2 Å². The summed E-state index contributed by atoms with van der Waals surface area (Å²) >= 11 is 16.6. The van der Waals surface area contributed by atoms with Crippen LogP contribution in [0.1, 0.15) is 0 Å². The van der Waals surface area contributed by atoms with Crippen LogP contribution >= 0.6 is 34.8 Å². The zero-order valence-electron chi connectivity index (χ0n) is 4.24. The molecule has 0 fully saturated rings. The second kappa shape index (κ2) is 5.33. The summed E-state index contributed by atoms with van der Waals surface area (Å²) in [6.45, 7) is 0. The number of pyridine rings is 1. The van der Waals surface area contributed by atoms with Crippen molar-refractivity contribution < 1.29 is 0 Å². The third kappa shape index (κ3) is 2.95. The average Bonchev–Trinajstić information content (AvgIpc) is 1.83. The SMILES string of the molecule is Clc1ccnc(Cl)c1Cl.[KH]. The second-order valence-corrected chi connectivity index (χ2v) is 2.54. The van der Waals surface area contributed by atoms with E-state index in [1.54, 1.807) is 6.07 Å². The number of halogens is 3. The van der Waals surface area contributed by atoms with Gasteiger partial charge in [0.05, 0.1) is 10.0 Å². The summed E-state index contributed by atoms with van der Waals surface area (Å²) in [7, 11) is 0. The summed E-state index contributed by atoms with van der Waals surface area (Å²) in [5.74, 6) is 0. The van der Waals surface area contributed by atoms with Crippen molar-refractivity contribution in [3.05, 3.63) is 27.5 Å². The summed E-state index contributed by atoms with van der Waals surface area (Å²) in [6.07, 6.45) is 1.50. The van der Waals surface area contributed by atoms with E-state index < -0.39 is 0 Å². The van der Waals surface area contributed by atoms with Crippen LogP contribution in [0.5, 0.6) is 0 Å². The molecule has 0 saturated heterocycles. The molecule has 0 atom stereocenters. The van der Waals surface area contributed by atoms with Gasteiger partial charge in [-0.2, -0.15) is 0 Å². The fourth-order valence-electron chi connectivity index (χ4n) is 0.397. The van der Waals surface area contributed by atoms with Gasteiger partial charge in [-0.3, -0.25) is 0 Å². The van der Waals surface area contributed by atoms with E-state index >= 15 is 0 Å². The van der Waals surface area contributed by atoms with Gasteiger partial charge in [0.1, 0.15) is 5.15 Å². The first kappa shape index (κ1) is 11.7. The minimum absolute atomic E-state index is 0. The Bertz CT molecular complexity index is 208. The summed E-state index contributed by atoms with van der Waals surface area (Å²) in [5, 5.41) is 0.974. The van der Waals surface area contributed by atoms with E-state index in [0.29, 0.717) is 10.0 Å². The van der Waals surface area contributed by atoms with E-state index in [-0.39, 0.29) is 56.5 Å². The Balaban J connectivity index is 0.000000810. The van der Waals surface area contributed by atoms with Crippen LogP contribution in [-0.4, -0.2) is 56.4 Å². The minimum atomic E-state index is 0. The maximum absolute atomic E-state index is 5.56. The third-order valence-corrected chi connectivity index (χ3v) is 1.98. The van der Waals surface area contributed by atoms with Gasteiger partial charge in [-0.1, -0.05) is 34.8 Å². The first-order valence-corrected chi connectivity index (χ1v) is 3.30. The van der Waals surface area contributed by atoms with E-state index in [4.69, 9.17) is 34.8 Å². The molecule has 1 aromatic heterocycles. The van der Waals surface area contributed by atoms with E-state index in [2.05, 4.69) is 4.98 Å². The van der Waals surface area contributed by atoms with Crippen molar-refractivity contribution in [2.75, 3.05) is 0 Å². The molecule has 1 heterocycles. The van der Waals surface area contributed by atoms with Crippen molar-refractivity contribution in [1.29, 1.82) is 0 Å². The van der Waals surface area contributed by atoms with Crippen LogP contribution in [0, 0.1) is 0 Å². The maximum atomic E-state index is 5.56. The van der Waals surface area contributed by atoms with Crippen LogP contribution in [0.2, 0.25) is 15.2 Å². The Morgan fingerprint density at radius 1 is 1.20 bits per heavy atom. The summed E-state index contributed by atoms with van der Waals surface area (Å²) < 4.78 is 0. The van der Waals surface area contributed by atoms with Crippen molar-refractivity contribution in [3.63, 3.8) is 0 Å². The number of rotatable bonds is 0. The molecule has 1 rings (SSSR count). The molecule has 5 heteroatoms. The Morgan fingerprint density at radius 2 is 1.80 bits per heavy atom. The van der Waals surface area contributed by atoms with E-state index in [9.17, 15) is 0 Å². The van der Waals surface area contributed by atoms with Crippen LogP contribution < -0.4 is 0 Å². The second-order valence-electron chi connectivity index (χ2n) is 1.40. The molecule has 0 aliphatic rings. The van der Waals surface area contributed by atoms with Gasteiger partial charge in [-0.05, 0) is 6.07 Å². The molecule has 0 aliphatic heterocycles. The van der Waals surface area contributed by atoms with Gasteiger partial charge in [0.25, 0.3) is 0 Å². The third-order valence-electron chi connectivity index (χ3n) is 0.800.